The monoisotopic (exact) mass is 1130 g/mol. The highest BCUT2D eigenvalue weighted by molar-refractivity contribution is 5.99. The van der Waals surface area contributed by atoms with Crippen molar-refractivity contribution < 1.29 is 47.9 Å². The first-order chi connectivity index (χ1) is 38.1. The zero-order valence-electron chi connectivity index (χ0n) is 51.5. The number of carbonyl (C=O) groups is 10. The summed E-state index contributed by atoms with van der Waals surface area (Å²) in [6, 6.07) is 0.197. The van der Waals surface area contributed by atoms with Gasteiger partial charge in [0.05, 0.1) is 18.5 Å². The molecule has 3 fully saturated rings. The number of nitrogens with zero attached hydrogens (tertiary/aromatic N) is 8. The molecule has 0 bridgehead atoms. The van der Waals surface area contributed by atoms with Crippen LogP contribution in [0.2, 0.25) is 0 Å². The van der Waals surface area contributed by atoms with Crippen LogP contribution in [-0.4, -0.2) is 222 Å². The summed E-state index contributed by atoms with van der Waals surface area (Å²) in [4.78, 5) is 154. The van der Waals surface area contributed by atoms with E-state index >= 15 is 0 Å². The van der Waals surface area contributed by atoms with Crippen molar-refractivity contribution in [2.75, 3.05) is 75.5 Å². The van der Waals surface area contributed by atoms with Gasteiger partial charge in [-0.05, 0) is 89.0 Å². The van der Waals surface area contributed by atoms with E-state index in [1.807, 2.05) is 58.9 Å². The van der Waals surface area contributed by atoms with Gasteiger partial charge in [-0.15, -0.1) is 0 Å². The van der Waals surface area contributed by atoms with Crippen molar-refractivity contribution >= 4 is 59.1 Å². The Morgan fingerprint density at radius 3 is 1.84 bits per heavy atom. The summed E-state index contributed by atoms with van der Waals surface area (Å²) in [5, 5.41) is 5.73. The van der Waals surface area contributed by atoms with Gasteiger partial charge in [0.25, 0.3) is 0 Å². The number of nitrogens with one attached hydrogen (secondary N) is 2. The van der Waals surface area contributed by atoms with Gasteiger partial charge in [-0.1, -0.05) is 96.6 Å². The molecule has 1 aliphatic heterocycles. The zero-order valence-corrected chi connectivity index (χ0v) is 51.5. The Kier molecular flexibility index (Phi) is 25.2. The minimum absolute atomic E-state index is 0.117. The minimum Gasteiger partial charge on any atom is -0.355 e. The standard InChI is InChI=1S/C60H99N11O10/c1-16-32-62-48(72)37-65(11)55(77)47(35-42-27-25-39(6)26-28-42)70(18-3)56(78)44-29-33-71(44)53(75)41(8)66(12)57(79)50(40(7)17-2)63-52(74)45(34-38(4)5)67(13)49(73)36-46(54(76)64(9)10)68(14)58(80)51(43-23-19-20-24-43)69(15)59(81)60(61)30-21-22-31-60/h25-28,38,40-41,43-47,50-51H,16-24,29-37,61H2,1-15H3,(H,62,72)(H,63,74)/t40-,41-,44-,45-,46-,47-,50-,51-/m0/s1. The summed E-state index contributed by atoms with van der Waals surface area (Å²) in [5.41, 5.74) is 7.40. The number of benzene rings is 1. The van der Waals surface area contributed by atoms with Crippen molar-refractivity contribution in [2.24, 2.45) is 23.5 Å². The summed E-state index contributed by atoms with van der Waals surface area (Å²) in [6.45, 7) is 15.3. The van der Waals surface area contributed by atoms with Gasteiger partial charge in [0, 0.05) is 75.4 Å². The maximum atomic E-state index is 14.8. The molecule has 1 aromatic carbocycles. The molecule has 21 nitrogen and oxygen atoms in total. The predicted molar refractivity (Wildman–Crippen MR) is 311 cm³/mol. The fraction of sp³-hybridized carbons (Fsp3) is 0.733. The quantitative estimate of drug-likeness (QED) is 0.110. The topological polar surface area (TPSA) is 247 Å². The summed E-state index contributed by atoms with van der Waals surface area (Å²) < 4.78 is 0. The lowest BCUT2D eigenvalue weighted by molar-refractivity contribution is -0.160. The maximum absolute atomic E-state index is 14.8. The molecule has 2 saturated carbocycles. The Balaban J connectivity index is 1.54. The molecule has 8 atom stereocenters. The fourth-order valence-corrected chi connectivity index (χ4v) is 11.6. The van der Waals surface area contributed by atoms with Crippen molar-refractivity contribution in [3.05, 3.63) is 35.4 Å². The van der Waals surface area contributed by atoms with Crippen LogP contribution in [0, 0.1) is 24.7 Å². The highest BCUT2D eigenvalue weighted by Crippen LogP contribution is 2.35. The number of hydrogen-bond donors (Lipinski definition) is 3. The fourth-order valence-electron chi connectivity index (χ4n) is 11.6. The normalized spacial score (nSPS) is 18.4. The lowest BCUT2D eigenvalue weighted by atomic mass is 9.91. The van der Waals surface area contributed by atoms with Crippen LogP contribution in [0.1, 0.15) is 143 Å². The lowest BCUT2D eigenvalue weighted by Crippen LogP contribution is -2.65. The first-order valence-electron chi connectivity index (χ1n) is 29.6. The van der Waals surface area contributed by atoms with Crippen LogP contribution in [0.3, 0.4) is 0 Å². The molecule has 1 aromatic rings. The molecule has 0 unspecified atom stereocenters. The van der Waals surface area contributed by atoms with Crippen molar-refractivity contribution in [1.29, 1.82) is 0 Å². The summed E-state index contributed by atoms with van der Waals surface area (Å²) in [7, 11) is 10.6. The average Bonchev–Trinajstić information content (AvgIpc) is 4.13. The smallest absolute Gasteiger partial charge is 0.246 e. The minimum atomic E-state index is -1.29. The van der Waals surface area contributed by atoms with Crippen LogP contribution in [0.4, 0.5) is 0 Å². The van der Waals surface area contributed by atoms with Gasteiger partial charge < -0.3 is 55.6 Å². The second-order valence-electron chi connectivity index (χ2n) is 24.0. The molecule has 4 N–H and O–H groups in total. The van der Waals surface area contributed by atoms with E-state index in [2.05, 4.69) is 10.6 Å². The molecule has 4 rings (SSSR count). The van der Waals surface area contributed by atoms with E-state index < -0.39 is 107 Å². The van der Waals surface area contributed by atoms with Crippen molar-refractivity contribution in [2.45, 2.75) is 193 Å². The Bertz CT molecular complexity index is 2370. The first-order valence-corrected chi connectivity index (χ1v) is 29.6. The van der Waals surface area contributed by atoms with Crippen molar-refractivity contribution in [1.82, 2.24) is 49.8 Å². The summed E-state index contributed by atoms with van der Waals surface area (Å²) in [6.07, 6.45) is 7.23. The molecule has 0 aromatic heterocycles. The van der Waals surface area contributed by atoms with E-state index in [0.717, 1.165) is 43.2 Å². The third-order valence-electron chi connectivity index (χ3n) is 17.3. The maximum Gasteiger partial charge on any atom is 0.246 e. The lowest BCUT2D eigenvalue weighted by Gasteiger charge is -2.45. The summed E-state index contributed by atoms with van der Waals surface area (Å²) >= 11 is 0. The number of rotatable bonds is 28. The second kappa shape index (κ2) is 30.3. The van der Waals surface area contributed by atoms with Gasteiger partial charge in [-0.2, -0.15) is 0 Å². The van der Waals surface area contributed by atoms with Gasteiger partial charge in [-0.3, -0.25) is 47.9 Å². The number of amides is 10. The van der Waals surface area contributed by atoms with Crippen LogP contribution in [0.15, 0.2) is 24.3 Å². The van der Waals surface area contributed by atoms with Crippen LogP contribution in [0.5, 0.6) is 0 Å². The van der Waals surface area contributed by atoms with Crippen LogP contribution in [0.25, 0.3) is 0 Å². The van der Waals surface area contributed by atoms with E-state index in [9.17, 15) is 47.9 Å². The molecule has 0 spiro atoms. The molecule has 81 heavy (non-hydrogen) atoms. The number of likely N-dealkylation sites (tertiary alicyclic amines) is 1. The molecule has 0 radical (unpaired) electrons. The van der Waals surface area contributed by atoms with Gasteiger partial charge >= 0.3 is 0 Å². The van der Waals surface area contributed by atoms with Crippen LogP contribution < -0.4 is 16.4 Å². The van der Waals surface area contributed by atoms with Crippen LogP contribution >= 0.6 is 0 Å². The summed E-state index contributed by atoms with van der Waals surface area (Å²) in [5.74, 6) is -5.47. The highest BCUT2D eigenvalue weighted by Gasteiger charge is 2.48. The van der Waals surface area contributed by atoms with E-state index in [4.69, 9.17) is 5.73 Å². The van der Waals surface area contributed by atoms with E-state index in [1.165, 1.54) is 81.5 Å². The molecule has 1 saturated heterocycles. The third kappa shape index (κ3) is 16.8. The largest absolute Gasteiger partial charge is 0.355 e. The molecule has 21 heteroatoms. The van der Waals surface area contributed by atoms with Gasteiger partial charge in [0.2, 0.25) is 59.1 Å². The van der Waals surface area contributed by atoms with E-state index in [1.54, 1.807) is 27.8 Å². The number of aryl methyl sites for hydroxylation is 1. The molecule has 454 valence electrons. The number of carbonyl (C=O) groups excluding carboxylic acids is 10. The highest BCUT2D eigenvalue weighted by atomic mass is 16.2. The Morgan fingerprint density at radius 1 is 0.716 bits per heavy atom. The molecular formula is C60H99N11O10. The van der Waals surface area contributed by atoms with Crippen molar-refractivity contribution in [3.63, 3.8) is 0 Å². The van der Waals surface area contributed by atoms with E-state index in [0.29, 0.717) is 45.1 Å². The number of nitrogens with two attached hydrogens (primary N) is 1. The Labute approximate surface area is 482 Å². The van der Waals surface area contributed by atoms with Crippen LogP contribution in [-0.2, 0) is 54.4 Å². The number of likely N-dealkylation sites (N-methyl/N-ethyl adjacent to an activating group) is 7. The number of hydrogen-bond acceptors (Lipinski definition) is 11. The van der Waals surface area contributed by atoms with Gasteiger partial charge in [-0.25, -0.2) is 0 Å². The Hall–Kier alpha value is -6.12. The van der Waals surface area contributed by atoms with Gasteiger partial charge in [0.1, 0.15) is 42.3 Å². The Morgan fingerprint density at radius 2 is 1.32 bits per heavy atom. The third-order valence-corrected chi connectivity index (χ3v) is 17.3. The average molecular weight is 1130 g/mol. The van der Waals surface area contributed by atoms with Crippen molar-refractivity contribution in [3.8, 4) is 0 Å². The first kappa shape index (κ1) is 67.4. The molecular weight excluding hydrogens is 1030 g/mol. The van der Waals surface area contributed by atoms with E-state index in [-0.39, 0.29) is 56.1 Å². The second-order valence-corrected chi connectivity index (χ2v) is 24.0. The molecule has 10 amide bonds. The SMILES string of the molecule is CCCNC(=O)CN(C)C(=O)[C@H](Cc1ccc(C)cc1)N(CC)C(=O)[C@@H]1CCN1C(=O)[C@H](C)N(C)C(=O)[C@@H](NC(=O)[C@H](CC(C)C)N(C)C(=O)C[C@@H](C(=O)N(C)C)N(C)C(=O)[C@H](C1CCCC1)N(C)C(=O)C1(N)CCCC1)[C@@H](C)CC. The predicted octanol–water partition coefficient (Wildman–Crippen LogP) is 3.19. The zero-order chi connectivity index (χ0) is 60.8. The molecule has 3 aliphatic rings. The molecule has 1 heterocycles. The van der Waals surface area contributed by atoms with Gasteiger partial charge in [0.15, 0.2) is 0 Å². The molecule has 2 aliphatic carbocycles.